The lowest BCUT2D eigenvalue weighted by molar-refractivity contribution is -0.384. The number of carbonyl (C=O) groups is 2. The number of likely N-dealkylation sites (tertiary alicyclic amines) is 1. The molecular weight excluding hydrogens is 450 g/mol. The Morgan fingerprint density at radius 3 is 2.51 bits per heavy atom. The summed E-state index contributed by atoms with van der Waals surface area (Å²) in [6.45, 7) is 7.13. The van der Waals surface area contributed by atoms with Crippen LogP contribution in [0.2, 0.25) is 0 Å². The fourth-order valence-electron chi connectivity index (χ4n) is 3.94. The summed E-state index contributed by atoms with van der Waals surface area (Å²) in [4.78, 5) is 40.2. The molecule has 186 valence electrons. The molecule has 9 heteroatoms. The zero-order valence-corrected chi connectivity index (χ0v) is 20.6. The van der Waals surface area contributed by atoms with E-state index in [2.05, 4.69) is 0 Å². The second-order valence-electron chi connectivity index (χ2n) is 9.33. The van der Waals surface area contributed by atoms with Gasteiger partial charge in [-0.2, -0.15) is 0 Å². The van der Waals surface area contributed by atoms with E-state index in [9.17, 15) is 24.8 Å². The van der Waals surface area contributed by atoms with Gasteiger partial charge in [0.15, 0.2) is 0 Å². The molecule has 2 aromatic rings. The Labute approximate surface area is 204 Å². The lowest BCUT2D eigenvalue weighted by Gasteiger charge is -2.26. The van der Waals surface area contributed by atoms with Gasteiger partial charge in [-0.05, 0) is 56.3 Å². The number of carbonyl (C=O) groups excluding carboxylic acids is 2. The molecule has 1 amide bonds. The number of nitro groups is 1. The molecule has 1 fully saturated rings. The van der Waals surface area contributed by atoms with Gasteiger partial charge >= 0.3 is 0 Å². The van der Waals surface area contributed by atoms with E-state index in [0.717, 1.165) is 5.56 Å². The fourth-order valence-corrected chi connectivity index (χ4v) is 3.94. The van der Waals surface area contributed by atoms with E-state index in [0.29, 0.717) is 35.9 Å². The van der Waals surface area contributed by atoms with Crippen LogP contribution >= 0.6 is 0 Å². The van der Waals surface area contributed by atoms with E-state index in [1.807, 2.05) is 39.8 Å². The van der Waals surface area contributed by atoms with Crippen LogP contribution in [-0.2, 0) is 9.59 Å². The summed E-state index contributed by atoms with van der Waals surface area (Å²) in [6.07, 6.45) is 0. The number of hydrogen-bond acceptors (Lipinski definition) is 7. The van der Waals surface area contributed by atoms with Crippen molar-refractivity contribution in [3.8, 4) is 5.75 Å². The summed E-state index contributed by atoms with van der Waals surface area (Å²) in [5.74, 6) is -0.896. The number of nitro benzene ring substituents is 1. The van der Waals surface area contributed by atoms with Crippen molar-refractivity contribution >= 4 is 23.1 Å². The second-order valence-corrected chi connectivity index (χ2v) is 9.33. The Balaban J connectivity index is 2.11. The summed E-state index contributed by atoms with van der Waals surface area (Å²) < 4.78 is 5.80. The average molecular weight is 482 g/mol. The lowest BCUT2D eigenvalue weighted by atomic mass is 9.94. The van der Waals surface area contributed by atoms with E-state index in [1.54, 1.807) is 24.3 Å². The number of Topliss-reactive ketones (excluding diaryl/α,β-unsaturated/α-hetero) is 1. The molecule has 0 spiro atoms. The van der Waals surface area contributed by atoms with Gasteiger partial charge in [0, 0.05) is 30.8 Å². The zero-order chi connectivity index (χ0) is 25.9. The molecule has 2 aromatic carbocycles. The summed E-state index contributed by atoms with van der Waals surface area (Å²) in [7, 11) is 3.68. The SMILES string of the molecule is Cc1cc(/C(O)=C2\C(=O)C(=O)N(CCN(C)C)[C@@H]2c2cccc([N+](=O)[O-])c2)ccc1OCC(C)C. The summed E-state index contributed by atoms with van der Waals surface area (Å²) in [5.41, 5.74) is 1.25. The van der Waals surface area contributed by atoms with E-state index in [1.165, 1.54) is 23.1 Å². The number of benzene rings is 2. The minimum Gasteiger partial charge on any atom is -0.507 e. The molecule has 1 N–H and O–H groups in total. The molecule has 1 aliphatic heterocycles. The van der Waals surface area contributed by atoms with E-state index in [4.69, 9.17) is 4.74 Å². The first-order valence-electron chi connectivity index (χ1n) is 11.4. The third-order valence-corrected chi connectivity index (χ3v) is 5.75. The number of amides is 1. The number of non-ortho nitro benzene ring substituents is 1. The molecule has 0 unspecified atom stereocenters. The van der Waals surface area contributed by atoms with Crippen molar-refractivity contribution in [1.82, 2.24) is 9.80 Å². The predicted molar refractivity (Wildman–Crippen MR) is 132 cm³/mol. The Morgan fingerprint density at radius 1 is 1.20 bits per heavy atom. The van der Waals surface area contributed by atoms with E-state index < -0.39 is 22.7 Å². The van der Waals surface area contributed by atoms with Gasteiger partial charge in [0.25, 0.3) is 17.4 Å². The second kappa shape index (κ2) is 10.7. The molecule has 9 nitrogen and oxygen atoms in total. The van der Waals surface area contributed by atoms with Gasteiger partial charge < -0.3 is 19.6 Å². The molecule has 0 aromatic heterocycles. The topological polar surface area (TPSA) is 113 Å². The fraction of sp³-hybridized carbons (Fsp3) is 0.385. The van der Waals surface area contributed by atoms with Crippen LogP contribution in [0.25, 0.3) is 5.76 Å². The summed E-state index contributed by atoms with van der Waals surface area (Å²) in [5, 5.41) is 22.6. The number of rotatable bonds is 9. The Bertz CT molecular complexity index is 1170. The number of aliphatic hydroxyl groups is 1. The van der Waals surface area contributed by atoms with Crippen LogP contribution in [0.1, 0.15) is 36.6 Å². The van der Waals surface area contributed by atoms with Crippen LogP contribution in [0.4, 0.5) is 5.69 Å². The zero-order valence-electron chi connectivity index (χ0n) is 20.6. The minimum absolute atomic E-state index is 0.0931. The number of nitrogens with zero attached hydrogens (tertiary/aromatic N) is 3. The van der Waals surface area contributed by atoms with Crippen molar-refractivity contribution < 1.29 is 24.4 Å². The molecule has 0 saturated carbocycles. The van der Waals surface area contributed by atoms with Gasteiger partial charge in [0.2, 0.25) is 0 Å². The monoisotopic (exact) mass is 481 g/mol. The van der Waals surface area contributed by atoms with Crippen molar-refractivity contribution in [2.45, 2.75) is 26.8 Å². The maximum atomic E-state index is 13.1. The third kappa shape index (κ3) is 5.68. The van der Waals surface area contributed by atoms with Crippen LogP contribution in [0.15, 0.2) is 48.0 Å². The number of likely N-dealkylation sites (N-methyl/N-ethyl adjacent to an activating group) is 1. The Hall–Kier alpha value is -3.72. The number of aliphatic hydroxyl groups excluding tert-OH is 1. The van der Waals surface area contributed by atoms with Crippen molar-refractivity contribution in [3.63, 3.8) is 0 Å². The molecule has 1 atom stereocenters. The molecule has 1 heterocycles. The van der Waals surface area contributed by atoms with Crippen LogP contribution in [0, 0.1) is 23.0 Å². The standard InChI is InChI=1S/C26H31N3O6/c1-16(2)15-35-21-10-9-19(13-17(21)3)24(30)22-23(18-7-6-8-20(14-18)29(33)34)28(12-11-27(4)5)26(32)25(22)31/h6-10,13-14,16,23,30H,11-12,15H2,1-5H3/b24-22+/t23-/m1/s1. The molecule has 0 bridgehead atoms. The summed E-state index contributed by atoms with van der Waals surface area (Å²) in [6, 6.07) is 9.90. The Kier molecular flexibility index (Phi) is 7.91. The summed E-state index contributed by atoms with van der Waals surface area (Å²) >= 11 is 0. The molecule has 0 radical (unpaired) electrons. The van der Waals surface area contributed by atoms with Crippen molar-refractivity contribution in [2.75, 3.05) is 33.8 Å². The highest BCUT2D eigenvalue weighted by Gasteiger charge is 2.46. The van der Waals surface area contributed by atoms with Crippen LogP contribution in [0.3, 0.4) is 0 Å². The van der Waals surface area contributed by atoms with Crippen LogP contribution < -0.4 is 4.74 Å². The normalized spacial score (nSPS) is 17.5. The third-order valence-electron chi connectivity index (χ3n) is 5.75. The first-order chi connectivity index (χ1) is 16.5. The lowest BCUT2D eigenvalue weighted by Crippen LogP contribution is -2.35. The number of ether oxygens (including phenoxy) is 1. The Morgan fingerprint density at radius 2 is 1.91 bits per heavy atom. The van der Waals surface area contributed by atoms with Gasteiger partial charge in [-0.1, -0.05) is 26.0 Å². The van der Waals surface area contributed by atoms with Gasteiger partial charge in [-0.3, -0.25) is 19.7 Å². The van der Waals surface area contributed by atoms with Crippen molar-refractivity contribution in [2.24, 2.45) is 5.92 Å². The molecule has 0 aliphatic carbocycles. The van der Waals surface area contributed by atoms with Gasteiger partial charge in [-0.25, -0.2) is 0 Å². The number of aryl methyl sites for hydroxylation is 1. The smallest absolute Gasteiger partial charge is 0.295 e. The van der Waals surface area contributed by atoms with Gasteiger partial charge in [-0.15, -0.1) is 0 Å². The highest BCUT2D eigenvalue weighted by atomic mass is 16.6. The average Bonchev–Trinajstić information content (AvgIpc) is 3.06. The maximum absolute atomic E-state index is 13.1. The number of ketones is 1. The van der Waals surface area contributed by atoms with Gasteiger partial charge in [0.1, 0.15) is 11.5 Å². The van der Waals surface area contributed by atoms with Crippen LogP contribution in [-0.4, -0.2) is 65.3 Å². The quantitative estimate of drug-likeness (QED) is 0.190. The molecule has 3 rings (SSSR count). The first kappa shape index (κ1) is 25.9. The maximum Gasteiger partial charge on any atom is 0.295 e. The minimum atomic E-state index is -0.952. The van der Waals surface area contributed by atoms with E-state index >= 15 is 0 Å². The van der Waals surface area contributed by atoms with Crippen LogP contribution in [0.5, 0.6) is 5.75 Å². The highest BCUT2D eigenvalue weighted by molar-refractivity contribution is 6.46. The molecule has 35 heavy (non-hydrogen) atoms. The van der Waals surface area contributed by atoms with Gasteiger partial charge in [0.05, 0.1) is 23.1 Å². The highest BCUT2D eigenvalue weighted by Crippen LogP contribution is 2.40. The molecule has 1 saturated heterocycles. The van der Waals surface area contributed by atoms with Crippen molar-refractivity contribution in [3.05, 3.63) is 74.8 Å². The number of hydrogen-bond donors (Lipinski definition) is 1. The van der Waals surface area contributed by atoms with Crippen molar-refractivity contribution in [1.29, 1.82) is 0 Å². The first-order valence-corrected chi connectivity index (χ1v) is 11.4. The predicted octanol–water partition coefficient (Wildman–Crippen LogP) is 3.92. The molecular formula is C26H31N3O6. The largest absolute Gasteiger partial charge is 0.507 e. The molecule has 1 aliphatic rings. The van der Waals surface area contributed by atoms with E-state index in [-0.39, 0.29) is 23.6 Å².